The van der Waals surface area contributed by atoms with E-state index in [0.29, 0.717) is 0 Å². The zero-order valence-electron chi connectivity index (χ0n) is 22.8. The highest BCUT2D eigenvalue weighted by atomic mass is 32.2. The van der Waals surface area contributed by atoms with E-state index in [0.717, 1.165) is 102 Å². The lowest BCUT2D eigenvalue weighted by Gasteiger charge is -2.25. The van der Waals surface area contributed by atoms with E-state index in [2.05, 4.69) is 73.8 Å². The predicted octanol–water partition coefficient (Wildman–Crippen LogP) is 5.17. The third-order valence-corrected chi connectivity index (χ3v) is 8.83. The number of rotatable bonds is 10. The average Bonchev–Trinajstić information content (AvgIpc) is 3.38. The van der Waals surface area contributed by atoms with Crippen molar-refractivity contribution in [2.24, 2.45) is 0 Å². The van der Waals surface area contributed by atoms with Crippen LogP contribution >= 0.6 is 0 Å². The Balaban J connectivity index is 1.16. The number of nitrogens with one attached hydrogen (secondary N) is 1. The summed E-state index contributed by atoms with van der Waals surface area (Å²) >= 11 is 0. The van der Waals surface area contributed by atoms with Crippen molar-refractivity contribution in [2.45, 2.75) is 25.8 Å². The van der Waals surface area contributed by atoms with Crippen molar-refractivity contribution in [1.82, 2.24) is 24.6 Å². The third-order valence-electron chi connectivity index (χ3n) is 7.56. The molecular formula is C31H34N6O2S. The summed E-state index contributed by atoms with van der Waals surface area (Å²) < 4.78 is 19.4. The van der Waals surface area contributed by atoms with Crippen LogP contribution in [0.15, 0.2) is 73.2 Å². The molecule has 0 saturated carbocycles. The van der Waals surface area contributed by atoms with E-state index in [4.69, 9.17) is 4.74 Å². The number of benzene rings is 3. The number of hydrogen-bond donors (Lipinski definition) is 1. The van der Waals surface area contributed by atoms with E-state index < -0.39 is 10.8 Å². The molecule has 3 aromatic carbocycles. The minimum atomic E-state index is -0.623. The smallest absolute Gasteiger partial charge is 0.141 e. The van der Waals surface area contributed by atoms with E-state index in [9.17, 15) is 4.21 Å². The lowest BCUT2D eigenvalue weighted by atomic mass is 10.0. The summed E-state index contributed by atoms with van der Waals surface area (Å²) in [6, 6.07) is 20.8. The fourth-order valence-electron chi connectivity index (χ4n) is 5.35. The zero-order chi connectivity index (χ0) is 27.3. The summed E-state index contributed by atoms with van der Waals surface area (Å²) in [6.45, 7) is 3.68. The van der Waals surface area contributed by atoms with Gasteiger partial charge in [0.25, 0.3) is 0 Å². The second-order valence-corrected chi connectivity index (χ2v) is 11.9. The molecule has 1 N–H and O–H groups in total. The summed E-state index contributed by atoms with van der Waals surface area (Å²) in [7, 11) is 1.10. The number of ether oxygens (including phenoxy) is 1. The Bertz CT molecular complexity index is 1630. The number of hydrogen-bond acceptors (Lipinski definition) is 7. The van der Waals surface area contributed by atoms with Crippen LogP contribution < -0.4 is 10.1 Å². The standard InChI is InChI=1S/C31H34N6O2S/c1-39-30-19-27-28(18-24(30)9-5-6-12-36-13-15-40(38)16-14-36)32-22-33-31(27)35-26-10-11-29-25(17-26)20-34-37(29)21-23-7-3-2-4-8-23/h2-4,7-8,10-11,17-20,22H,5-6,9,12-16,21H2,1H3,(H,32,33,35). The van der Waals surface area contributed by atoms with Crippen LogP contribution in [0.1, 0.15) is 24.0 Å². The van der Waals surface area contributed by atoms with E-state index in [1.54, 1.807) is 13.4 Å². The van der Waals surface area contributed by atoms with Gasteiger partial charge < -0.3 is 15.0 Å². The Labute approximate surface area is 236 Å². The third kappa shape index (κ3) is 6.00. The van der Waals surface area contributed by atoms with Crippen LogP contribution in [-0.2, 0) is 23.8 Å². The maximum atomic E-state index is 11.6. The topological polar surface area (TPSA) is 85.2 Å². The van der Waals surface area contributed by atoms with Crippen LogP contribution in [-0.4, -0.2) is 67.1 Å². The molecule has 1 aliphatic heterocycles. The molecule has 0 aliphatic carbocycles. The van der Waals surface area contributed by atoms with Gasteiger partial charge in [-0.2, -0.15) is 5.10 Å². The maximum Gasteiger partial charge on any atom is 0.141 e. The molecule has 0 bridgehead atoms. The Morgan fingerprint density at radius 3 is 2.67 bits per heavy atom. The number of aromatic nitrogens is 4. The minimum Gasteiger partial charge on any atom is -0.496 e. The molecular weight excluding hydrogens is 520 g/mol. The van der Waals surface area contributed by atoms with Crippen LogP contribution in [0.2, 0.25) is 0 Å². The summed E-state index contributed by atoms with van der Waals surface area (Å²) in [5, 5.41) is 10.1. The number of unbranched alkanes of at least 4 members (excludes halogenated alkanes) is 1. The Hall–Kier alpha value is -3.82. The largest absolute Gasteiger partial charge is 0.496 e. The molecule has 6 rings (SSSR count). The Morgan fingerprint density at radius 2 is 1.85 bits per heavy atom. The van der Waals surface area contributed by atoms with Crippen LogP contribution in [0.4, 0.5) is 11.5 Å². The molecule has 9 heteroatoms. The molecule has 40 heavy (non-hydrogen) atoms. The van der Waals surface area contributed by atoms with Crippen molar-refractivity contribution in [1.29, 1.82) is 0 Å². The van der Waals surface area contributed by atoms with Crippen molar-refractivity contribution in [2.75, 3.05) is 43.6 Å². The second kappa shape index (κ2) is 12.1. The summed E-state index contributed by atoms with van der Waals surface area (Å²) in [4.78, 5) is 11.5. The van der Waals surface area contributed by atoms with Gasteiger partial charge in [-0.3, -0.25) is 8.89 Å². The first-order valence-corrected chi connectivity index (χ1v) is 15.3. The number of fused-ring (bicyclic) bond motifs is 2. The van der Waals surface area contributed by atoms with Crippen molar-refractivity contribution in [3.05, 3.63) is 84.3 Å². The van der Waals surface area contributed by atoms with Gasteiger partial charge in [-0.05, 0) is 67.3 Å². The summed E-state index contributed by atoms with van der Waals surface area (Å²) in [6.07, 6.45) is 6.61. The Morgan fingerprint density at radius 1 is 1.00 bits per heavy atom. The van der Waals surface area contributed by atoms with Gasteiger partial charge in [-0.25, -0.2) is 9.97 Å². The molecule has 0 amide bonds. The van der Waals surface area contributed by atoms with E-state index >= 15 is 0 Å². The van der Waals surface area contributed by atoms with Gasteiger partial charge in [0.1, 0.15) is 17.9 Å². The van der Waals surface area contributed by atoms with Crippen molar-refractivity contribution in [3.8, 4) is 5.75 Å². The lowest BCUT2D eigenvalue weighted by molar-refractivity contribution is 0.292. The molecule has 1 fully saturated rings. The quantitative estimate of drug-likeness (QED) is 0.239. The van der Waals surface area contributed by atoms with E-state index in [-0.39, 0.29) is 0 Å². The second-order valence-electron chi connectivity index (χ2n) is 10.2. The van der Waals surface area contributed by atoms with Crippen molar-refractivity contribution >= 4 is 44.1 Å². The van der Waals surface area contributed by atoms with Crippen LogP contribution in [0, 0.1) is 0 Å². The van der Waals surface area contributed by atoms with Crippen LogP contribution in [0.3, 0.4) is 0 Å². The number of anilines is 2. The predicted molar refractivity (Wildman–Crippen MR) is 162 cm³/mol. The first kappa shape index (κ1) is 26.4. The highest BCUT2D eigenvalue weighted by molar-refractivity contribution is 7.85. The Kier molecular flexibility index (Phi) is 8.02. The van der Waals surface area contributed by atoms with Gasteiger partial charge in [-0.15, -0.1) is 0 Å². The van der Waals surface area contributed by atoms with Gasteiger partial charge in [0.15, 0.2) is 0 Å². The fourth-order valence-corrected chi connectivity index (χ4v) is 6.47. The number of methoxy groups -OCH3 is 1. The molecule has 0 spiro atoms. The van der Waals surface area contributed by atoms with E-state index in [1.165, 1.54) is 5.56 Å². The van der Waals surface area contributed by atoms with Gasteiger partial charge >= 0.3 is 0 Å². The molecule has 0 unspecified atom stereocenters. The van der Waals surface area contributed by atoms with Crippen LogP contribution in [0.25, 0.3) is 21.8 Å². The summed E-state index contributed by atoms with van der Waals surface area (Å²) in [5.41, 5.74) is 5.30. The molecule has 206 valence electrons. The molecule has 1 aliphatic rings. The molecule has 0 radical (unpaired) electrons. The molecule has 5 aromatic rings. The number of nitrogens with zero attached hydrogens (tertiary/aromatic N) is 5. The molecule has 3 heterocycles. The highest BCUT2D eigenvalue weighted by Gasteiger charge is 2.15. The maximum absolute atomic E-state index is 11.6. The first-order chi connectivity index (χ1) is 19.7. The van der Waals surface area contributed by atoms with E-state index in [1.807, 2.05) is 23.0 Å². The number of aryl methyl sites for hydroxylation is 1. The van der Waals surface area contributed by atoms with Crippen molar-refractivity contribution in [3.63, 3.8) is 0 Å². The molecule has 2 aromatic heterocycles. The monoisotopic (exact) mass is 554 g/mol. The normalized spacial score (nSPS) is 14.6. The first-order valence-electron chi connectivity index (χ1n) is 13.8. The van der Waals surface area contributed by atoms with Gasteiger partial charge in [0.2, 0.25) is 0 Å². The van der Waals surface area contributed by atoms with Gasteiger partial charge in [-0.1, -0.05) is 30.3 Å². The molecule has 0 atom stereocenters. The van der Waals surface area contributed by atoms with Crippen molar-refractivity contribution < 1.29 is 8.95 Å². The minimum absolute atomic E-state index is 0.623. The van der Waals surface area contributed by atoms with Gasteiger partial charge in [0, 0.05) is 51.9 Å². The molecule has 1 saturated heterocycles. The SMILES string of the molecule is COc1cc2c(Nc3ccc4c(cnn4Cc4ccccc4)c3)ncnc2cc1CCCCN1CCS(=O)CC1. The van der Waals surface area contributed by atoms with Gasteiger partial charge in [0.05, 0.1) is 30.9 Å². The lowest BCUT2D eigenvalue weighted by Crippen LogP contribution is -2.38. The average molecular weight is 555 g/mol. The summed E-state index contributed by atoms with van der Waals surface area (Å²) in [5.74, 6) is 3.21. The zero-order valence-corrected chi connectivity index (χ0v) is 23.6. The molecule has 8 nitrogen and oxygen atoms in total. The van der Waals surface area contributed by atoms with Crippen LogP contribution in [0.5, 0.6) is 5.75 Å². The fraction of sp³-hybridized carbons (Fsp3) is 0.323. The highest BCUT2D eigenvalue weighted by Crippen LogP contribution is 2.31.